The number of thiocarbonyl (C=S) groups is 1. The highest BCUT2D eigenvalue weighted by molar-refractivity contribution is 7.80. The number of fused-ring (bicyclic) bond motifs is 9. The molecule has 30 nitrogen and oxygen atoms in total. The van der Waals surface area contributed by atoms with Gasteiger partial charge < -0.3 is 91.6 Å². The van der Waals surface area contributed by atoms with Crippen LogP contribution in [0.1, 0.15) is 189 Å². The first-order valence-electron chi connectivity index (χ1n) is 37.6. The molecule has 10 amide bonds. The van der Waals surface area contributed by atoms with Gasteiger partial charge in [-0.3, -0.25) is 52.7 Å². The van der Waals surface area contributed by atoms with Crippen LogP contribution < -0.4 is 37.1 Å². The van der Waals surface area contributed by atoms with Gasteiger partial charge in [0.25, 0.3) is 0 Å². The number of aliphatic hydroxyl groups is 1. The van der Waals surface area contributed by atoms with Crippen LogP contribution in [-0.4, -0.2) is 233 Å². The second-order valence-electron chi connectivity index (χ2n) is 28.8. The molecule has 7 aliphatic heterocycles. The average molecular weight is 1500 g/mol. The largest absolute Gasteiger partial charge is 0.508 e. The first-order valence-corrected chi connectivity index (χ1v) is 38.0. The van der Waals surface area contributed by atoms with Gasteiger partial charge in [-0.25, -0.2) is 4.79 Å². The highest BCUT2D eigenvalue weighted by Gasteiger charge is 2.54. The second kappa shape index (κ2) is 36.6. The molecule has 7 aliphatic rings. The van der Waals surface area contributed by atoms with E-state index in [-0.39, 0.29) is 111 Å². The number of likely N-dealkylation sites (tertiary alicyclic amines) is 1. The number of rotatable bonds is 13. The Labute approximate surface area is 626 Å². The summed E-state index contributed by atoms with van der Waals surface area (Å²) in [7, 11) is 0. The standard InChI is InChI=1S/C76H100N12O18S/c1-46-70(100)88-40-20-24-59(88)73(103)87-39-18-22-57(87)67(97)81-55(32-33-65(95)96)71(101)83(44-62(77)92)35-15-11-9-7-5-3-4-6-8-10-12-16-36-84(45-64(94)85-37-17-21-56(85)68(98)82-66(47(2)89)69(99)79-46)72(102)58-23-19-38-86(58)63(93)25-13-14-34-78-75(107)80-48-26-29-51-54(41-48)76(106-74(51)104)52-30-27-49(90)42-60(52)105-61-43-50(91)28-31-53(61)76/h3-4,26-31,41-43,46-47,55-59,66,89-91H,5-25,32-40,44-45H2,1-2H3,(H2,77,92)(H,79,99)(H,81,97)(H,82,98)(H,95,96)(H2,78,80,107)/t46-,47+,55-,56-,57-,58-,59-,66-/m0/s1. The lowest BCUT2D eigenvalue weighted by molar-refractivity contribution is -0.149. The van der Waals surface area contributed by atoms with Gasteiger partial charge in [-0.2, -0.15) is 0 Å². The minimum atomic E-state index is -1.61. The molecule has 0 aromatic heterocycles. The number of nitrogens with one attached hydrogen (secondary N) is 5. The number of anilines is 1. The normalized spacial score (nSPS) is 24.2. The number of benzene rings is 3. The number of hydrogen-bond donors (Lipinski definition) is 10. The lowest BCUT2D eigenvalue weighted by Crippen LogP contribution is -2.60. The second-order valence-corrected chi connectivity index (χ2v) is 29.2. The van der Waals surface area contributed by atoms with E-state index in [2.05, 4.69) is 38.7 Å². The molecule has 8 atom stereocenters. The number of hydrogen-bond acceptors (Lipinski definition) is 18. The molecule has 11 N–H and O–H groups in total. The molecule has 7 heterocycles. The van der Waals surface area contributed by atoms with E-state index in [4.69, 9.17) is 27.4 Å². The van der Waals surface area contributed by atoms with E-state index in [9.17, 15) is 78.0 Å². The maximum absolute atomic E-state index is 14.9. The first-order chi connectivity index (χ1) is 51.3. The molecule has 1 spiro atoms. The number of carbonyl (C=O) groups is 12. The van der Waals surface area contributed by atoms with Gasteiger partial charge in [0.15, 0.2) is 10.7 Å². The number of aliphatic hydroxyl groups excluding tert-OH is 1. The van der Waals surface area contributed by atoms with Crippen molar-refractivity contribution >= 4 is 94.0 Å². The van der Waals surface area contributed by atoms with Crippen LogP contribution in [0.4, 0.5) is 5.69 Å². The zero-order valence-corrected chi connectivity index (χ0v) is 61.6. The molecule has 578 valence electrons. The Morgan fingerprint density at radius 3 is 1.89 bits per heavy atom. The molecule has 3 aromatic carbocycles. The number of phenolic OH excluding ortho intramolecular Hbond substituents is 2. The van der Waals surface area contributed by atoms with E-state index in [0.29, 0.717) is 105 Å². The number of esters is 1. The van der Waals surface area contributed by atoms with Gasteiger partial charge in [-0.15, -0.1) is 0 Å². The summed E-state index contributed by atoms with van der Waals surface area (Å²) in [4.78, 5) is 175. The number of nitrogens with zero attached hydrogens (tertiary/aromatic N) is 6. The van der Waals surface area contributed by atoms with E-state index in [0.717, 1.165) is 44.9 Å². The fraction of sp³-hybridized carbons (Fsp3) is 0.566. The third kappa shape index (κ3) is 19.3. The molecule has 0 saturated carbocycles. The number of aromatic hydroxyl groups is 2. The summed E-state index contributed by atoms with van der Waals surface area (Å²) in [5.74, 6) is -7.66. The van der Waals surface area contributed by atoms with Gasteiger partial charge in [-0.05, 0) is 178 Å². The predicted molar refractivity (Wildman–Crippen MR) is 393 cm³/mol. The van der Waals surface area contributed by atoms with Crippen molar-refractivity contribution in [1.29, 1.82) is 0 Å². The molecule has 107 heavy (non-hydrogen) atoms. The molecular formula is C76H100N12O18S. The molecule has 0 bridgehead atoms. The number of ether oxygens (including phenoxy) is 2. The van der Waals surface area contributed by atoms with Gasteiger partial charge >= 0.3 is 11.9 Å². The molecule has 0 unspecified atom stereocenters. The molecule has 31 heteroatoms. The molecular weight excluding hydrogens is 1400 g/mol. The highest BCUT2D eigenvalue weighted by Crippen LogP contribution is 2.57. The molecule has 4 saturated heterocycles. The number of nitrogens with two attached hydrogens (primary N) is 1. The molecule has 3 aromatic rings. The third-order valence-corrected chi connectivity index (χ3v) is 21.4. The first kappa shape index (κ1) is 79.6. The Kier molecular flexibility index (Phi) is 27.2. The van der Waals surface area contributed by atoms with Crippen LogP contribution in [0, 0.1) is 0 Å². The quantitative estimate of drug-likeness (QED) is 0.0490. The summed E-state index contributed by atoms with van der Waals surface area (Å²) in [6.07, 6.45) is 13.1. The summed E-state index contributed by atoms with van der Waals surface area (Å²) in [5, 5.41) is 55.9. The Morgan fingerprint density at radius 2 is 1.24 bits per heavy atom. The number of primary amides is 1. The highest BCUT2D eigenvalue weighted by atomic mass is 32.1. The van der Waals surface area contributed by atoms with Crippen LogP contribution in [0.3, 0.4) is 0 Å². The number of phenols is 2. The maximum Gasteiger partial charge on any atom is 0.340 e. The summed E-state index contributed by atoms with van der Waals surface area (Å²) in [6.45, 7) is 3.25. The minimum absolute atomic E-state index is 0.0747. The Morgan fingerprint density at radius 1 is 0.645 bits per heavy atom. The van der Waals surface area contributed by atoms with Crippen molar-refractivity contribution in [2.75, 3.05) is 64.2 Å². The number of carbonyl (C=O) groups excluding carboxylic acids is 11. The number of carboxylic acids is 1. The van der Waals surface area contributed by atoms with Crippen molar-refractivity contribution in [3.8, 4) is 23.0 Å². The molecule has 4 fully saturated rings. The minimum Gasteiger partial charge on any atom is -0.508 e. The van der Waals surface area contributed by atoms with Crippen LogP contribution in [0.15, 0.2) is 66.7 Å². The maximum atomic E-state index is 14.9. The van der Waals surface area contributed by atoms with Gasteiger partial charge in [-0.1, -0.05) is 37.8 Å². The van der Waals surface area contributed by atoms with E-state index in [1.54, 1.807) is 35.2 Å². The van der Waals surface area contributed by atoms with Crippen molar-refractivity contribution < 1.29 is 87.4 Å². The van der Waals surface area contributed by atoms with E-state index < -0.39 is 126 Å². The number of carboxylic acid groups (broad SMARTS) is 1. The smallest absolute Gasteiger partial charge is 0.340 e. The van der Waals surface area contributed by atoms with E-state index in [1.165, 1.54) is 62.6 Å². The zero-order valence-electron chi connectivity index (χ0n) is 60.8. The summed E-state index contributed by atoms with van der Waals surface area (Å²) < 4.78 is 12.3. The van der Waals surface area contributed by atoms with Crippen molar-refractivity contribution in [1.82, 2.24) is 50.7 Å². The lowest BCUT2D eigenvalue weighted by Gasteiger charge is -2.36. The van der Waals surface area contributed by atoms with Gasteiger partial charge in [0.05, 0.1) is 24.8 Å². The van der Waals surface area contributed by atoms with Crippen LogP contribution in [-0.2, 0) is 63.1 Å². The number of amides is 10. The number of aliphatic carboxylic acids is 1. The summed E-state index contributed by atoms with van der Waals surface area (Å²) in [6, 6.07) is 5.73. The van der Waals surface area contributed by atoms with Crippen molar-refractivity contribution in [2.45, 2.75) is 216 Å². The van der Waals surface area contributed by atoms with Crippen LogP contribution in [0.2, 0.25) is 0 Å². The Balaban J connectivity index is 0.774. The number of unbranched alkanes of at least 4 members (excludes halogenated alkanes) is 1. The summed E-state index contributed by atoms with van der Waals surface area (Å²) >= 11 is 5.70. The van der Waals surface area contributed by atoms with Crippen molar-refractivity contribution in [3.05, 3.63) is 89.0 Å². The Bertz CT molecular complexity index is 3840. The fourth-order valence-electron chi connectivity index (χ4n) is 15.7. The summed E-state index contributed by atoms with van der Waals surface area (Å²) in [5.41, 5.74) is 6.35. The monoisotopic (exact) mass is 1500 g/mol. The topological polar surface area (TPSA) is 410 Å². The van der Waals surface area contributed by atoms with E-state index in [1.807, 2.05) is 0 Å². The molecule has 10 rings (SSSR count). The predicted octanol–water partition coefficient (Wildman–Crippen LogP) is 4.42. The third-order valence-electron chi connectivity index (χ3n) is 21.1. The van der Waals surface area contributed by atoms with Gasteiger partial charge in [0.2, 0.25) is 59.1 Å². The SMILES string of the molecule is C[C@@H]1NC(=O)[C@H]([C@@H](C)O)NC(=O)[C@@H]2CCCN2C(=O)CN(C(=O)[C@@H]2CCCN2C(=O)CCCCNC(=S)Nc2ccc3c(c2)C2(OC3=O)c3ccc(O)cc3Oc3cc(O)ccc32)CCCCCCC=CCCCCCCN(CC(N)=O)C(=O)[C@H](CCC(=O)O)NC(=O)[C@@H]2CCCN2C(=O)[C@@H]2CCCN2C1=O. The van der Waals surface area contributed by atoms with Crippen molar-refractivity contribution in [2.24, 2.45) is 5.73 Å². The average Bonchev–Trinajstić information content (AvgIpc) is 1.62. The number of allylic oxidation sites excluding steroid dienone is 2. The van der Waals surface area contributed by atoms with Crippen LogP contribution >= 0.6 is 12.2 Å². The van der Waals surface area contributed by atoms with Crippen molar-refractivity contribution in [3.63, 3.8) is 0 Å². The molecule has 0 radical (unpaired) electrons. The molecule has 0 aliphatic carbocycles. The van der Waals surface area contributed by atoms with Gasteiger partial charge in [0, 0.05) is 93.2 Å². The van der Waals surface area contributed by atoms with Gasteiger partial charge in [0.1, 0.15) is 65.3 Å². The Hall–Kier alpha value is -9.91. The fourth-order valence-corrected chi connectivity index (χ4v) is 15.9. The van der Waals surface area contributed by atoms with Crippen LogP contribution in [0.5, 0.6) is 23.0 Å². The van der Waals surface area contributed by atoms with E-state index >= 15 is 0 Å². The zero-order chi connectivity index (χ0) is 76.6. The van der Waals surface area contributed by atoms with Crippen LogP contribution in [0.25, 0.3) is 0 Å². The lowest BCUT2D eigenvalue weighted by atomic mass is 9.77.